The third-order valence-corrected chi connectivity index (χ3v) is 19.3. The molecule has 0 N–H and O–H groups in total. The molecule has 0 aromatic heterocycles. The van der Waals surface area contributed by atoms with Gasteiger partial charge in [-0.25, -0.2) is 8.42 Å². The molecule has 3 atom stereocenters. The fraction of sp³-hybridized carbons (Fsp3) is 0.933. The molecule has 4 aliphatic carbocycles. The van der Waals surface area contributed by atoms with Crippen LogP contribution in [0.5, 0.6) is 0 Å². The highest BCUT2D eigenvalue weighted by atomic mass is 32.2. The molecule has 214 valence electrons. The molecular weight excluding hydrogens is 515 g/mol. The first-order valence-electron chi connectivity index (χ1n) is 15.2. The van der Waals surface area contributed by atoms with E-state index >= 15 is 0 Å². The molecule has 0 spiro atoms. The van der Waals surface area contributed by atoms with Crippen molar-refractivity contribution in [2.45, 2.75) is 154 Å². The van der Waals surface area contributed by atoms with Gasteiger partial charge >= 0.3 is 0 Å². The van der Waals surface area contributed by atoms with Gasteiger partial charge in [-0.05, 0) is 74.4 Å². The predicted molar refractivity (Wildman–Crippen MR) is 162 cm³/mol. The second-order valence-electron chi connectivity index (χ2n) is 14.9. The highest BCUT2D eigenvalue weighted by Gasteiger charge is 2.66. The van der Waals surface area contributed by atoms with E-state index in [1.165, 1.54) is 38.5 Å². The lowest BCUT2D eigenvalue weighted by molar-refractivity contribution is 0.143. The SMILES string of the molecule is C=C(O[Si](C)(C)C(C)(C)C)SC1CC2CCC1(CS(=O)(=O)N(C1CCCCC1)C1CCCCC1)C2(C)C. The topological polar surface area (TPSA) is 46.6 Å². The predicted octanol–water partition coefficient (Wildman–Crippen LogP) is 8.70. The van der Waals surface area contributed by atoms with Crippen LogP contribution in [0.4, 0.5) is 0 Å². The molecule has 4 aliphatic rings. The number of thioether (sulfide) groups is 1. The van der Waals surface area contributed by atoms with E-state index < -0.39 is 18.3 Å². The van der Waals surface area contributed by atoms with E-state index in [2.05, 4.69) is 58.6 Å². The van der Waals surface area contributed by atoms with Crippen LogP contribution in [0.25, 0.3) is 0 Å². The van der Waals surface area contributed by atoms with Crippen LogP contribution in [0.15, 0.2) is 11.7 Å². The van der Waals surface area contributed by atoms with Gasteiger partial charge in [0.2, 0.25) is 10.0 Å². The van der Waals surface area contributed by atoms with Crippen LogP contribution in [0.1, 0.15) is 118 Å². The van der Waals surface area contributed by atoms with Crippen molar-refractivity contribution in [3.63, 3.8) is 0 Å². The number of rotatable bonds is 9. The maximum Gasteiger partial charge on any atom is 0.251 e. The largest absolute Gasteiger partial charge is 0.539 e. The minimum absolute atomic E-state index is 0.0137. The minimum Gasteiger partial charge on any atom is -0.539 e. The molecule has 0 saturated heterocycles. The highest BCUT2D eigenvalue weighted by molar-refractivity contribution is 8.03. The van der Waals surface area contributed by atoms with Crippen molar-refractivity contribution in [2.24, 2.45) is 16.7 Å². The molecule has 0 heterocycles. The summed E-state index contributed by atoms with van der Waals surface area (Å²) >= 11 is 1.77. The number of hydrogen-bond acceptors (Lipinski definition) is 4. The standard InChI is InChI=1S/C30H55NO3S2Si/c1-23(34-37(7,8)28(2,3)4)35-27-21-24-19-20-30(27,29(24,5)6)22-36(32,33)31(25-15-11-9-12-16-25)26-17-13-10-14-18-26/h24-27H,1,9-22H2,2-8H3. The van der Waals surface area contributed by atoms with E-state index in [4.69, 9.17) is 4.43 Å². The van der Waals surface area contributed by atoms with Crippen LogP contribution in [-0.2, 0) is 14.4 Å². The van der Waals surface area contributed by atoms with Gasteiger partial charge in [0.1, 0.15) is 5.09 Å². The fourth-order valence-electron chi connectivity index (χ4n) is 7.95. The summed E-state index contributed by atoms with van der Waals surface area (Å²) in [4.78, 5) is 0. The van der Waals surface area contributed by atoms with Crippen molar-refractivity contribution >= 4 is 30.1 Å². The van der Waals surface area contributed by atoms with Crippen molar-refractivity contribution in [3.8, 4) is 0 Å². The van der Waals surface area contributed by atoms with Crippen molar-refractivity contribution < 1.29 is 12.8 Å². The molecule has 2 bridgehead atoms. The maximum atomic E-state index is 14.6. The summed E-state index contributed by atoms with van der Waals surface area (Å²) in [6.07, 6.45) is 14.6. The first kappa shape index (κ1) is 30.0. The molecule has 0 amide bonds. The van der Waals surface area contributed by atoms with Gasteiger partial charge in [0.15, 0.2) is 0 Å². The Kier molecular flexibility index (Phi) is 8.73. The van der Waals surface area contributed by atoms with Gasteiger partial charge in [0.05, 0.1) is 5.75 Å². The first-order chi connectivity index (χ1) is 17.1. The minimum atomic E-state index is -3.39. The second-order valence-corrected chi connectivity index (χ2v) is 22.7. The molecular formula is C30H55NO3S2Si. The van der Waals surface area contributed by atoms with E-state index in [1.54, 1.807) is 11.8 Å². The van der Waals surface area contributed by atoms with Crippen molar-refractivity contribution in [3.05, 3.63) is 11.7 Å². The molecule has 0 aliphatic heterocycles. The Hall–Kier alpha value is 0.0169. The van der Waals surface area contributed by atoms with Gasteiger partial charge in [0.25, 0.3) is 8.32 Å². The van der Waals surface area contributed by atoms with Gasteiger partial charge < -0.3 is 4.43 Å². The van der Waals surface area contributed by atoms with E-state index in [9.17, 15) is 8.42 Å². The molecule has 0 aromatic rings. The summed E-state index contributed by atoms with van der Waals surface area (Å²) in [6.45, 7) is 20.4. The monoisotopic (exact) mass is 569 g/mol. The highest BCUT2D eigenvalue weighted by Crippen LogP contribution is 2.69. The third kappa shape index (κ3) is 5.77. The molecule has 37 heavy (non-hydrogen) atoms. The average molecular weight is 570 g/mol. The lowest BCUT2D eigenvalue weighted by Crippen LogP contribution is -2.54. The summed E-state index contributed by atoms with van der Waals surface area (Å²) in [5, 5.41) is 1.19. The average Bonchev–Trinajstić information content (AvgIpc) is 3.14. The third-order valence-electron chi connectivity index (χ3n) is 11.4. The van der Waals surface area contributed by atoms with Crippen LogP contribution in [0.3, 0.4) is 0 Å². The molecule has 0 radical (unpaired) electrons. The van der Waals surface area contributed by atoms with E-state index in [0.717, 1.165) is 50.0 Å². The summed E-state index contributed by atoms with van der Waals surface area (Å²) in [6, 6.07) is 0.422. The molecule has 4 nitrogen and oxygen atoms in total. The first-order valence-corrected chi connectivity index (χ1v) is 20.6. The van der Waals surface area contributed by atoms with Crippen LogP contribution in [0, 0.1) is 16.7 Å². The quantitative estimate of drug-likeness (QED) is 0.206. The zero-order valence-electron chi connectivity index (χ0n) is 24.9. The second kappa shape index (κ2) is 10.8. The van der Waals surface area contributed by atoms with E-state index in [0.29, 0.717) is 11.7 Å². The van der Waals surface area contributed by atoms with Gasteiger partial charge in [-0.2, -0.15) is 4.31 Å². The zero-order chi connectivity index (χ0) is 27.3. The number of sulfonamides is 1. The summed E-state index contributed by atoms with van der Waals surface area (Å²) in [5.74, 6) is 0.889. The summed E-state index contributed by atoms with van der Waals surface area (Å²) in [7, 11) is -5.37. The smallest absolute Gasteiger partial charge is 0.251 e. The fourth-order valence-corrected chi connectivity index (χ4v) is 14.0. The Labute approximate surface area is 234 Å². The lowest BCUT2D eigenvalue weighted by Gasteiger charge is -2.46. The Morgan fingerprint density at radius 3 is 1.95 bits per heavy atom. The van der Waals surface area contributed by atoms with E-state index in [-0.39, 0.29) is 33.2 Å². The van der Waals surface area contributed by atoms with Crippen LogP contribution in [0.2, 0.25) is 18.1 Å². The van der Waals surface area contributed by atoms with Gasteiger partial charge in [-0.15, -0.1) is 0 Å². The van der Waals surface area contributed by atoms with E-state index in [1.807, 2.05) is 0 Å². The molecule has 3 unspecified atom stereocenters. The summed E-state index contributed by atoms with van der Waals surface area (Å²) < 4.78 is 37.9. The van der Waals surface area contributed by atoms with Gasteiger partial charge in [-0.1, -0.05) is 91.5 Å². The molecule has 4 saturated carbocycles. The Bertz CT molecular complexity index is 911. The van der Waals surface area contributed by atoms with Gasteiger partial charge in [-0.3, -0.25) is 0 Å². The number of hydrogen-bond donors (Lipinski definition) is 0. The maximum absolute atomic E-state index is 14.6. The van der Waals surface area contributed by atoms with Crippen LogP contribution in [-0.4, -0.2) is 44.1 Å². The Balaban J connectivity index is 1.60. The molecule has 4 rings (SSSR count). The van der Waals surface area contributed by atoms with Gasteiger partial charge in [0, 0.05) is 22.7 Å². The molecule has 4 fully saturated rings. The summed E-state index contributed by atoms with van der Waals surface area (Å²) in [5.41, 5.74) is -0.206. The van der Waals surface area contributed by atoms with Crippen molar-refractivity contribution in [1.82, 2.24) is 4.31 Å². The molecule has 0 aromatic carbocycles. The van der Waals surface area contributed by atoms with Crippen molar-refractivity contribution in [2.75, 3.05) is 5.75 Å². The zero-order valence-corrected chi connectivity index (χ0v) is 27.5. The Morgan fingerprint density at radius 2 is 1.49 bits per heavy atom. The van der Waals surface area contributed by atoms with Crippen LogP contribution < -0.4 is 0 Å². The van der Waals surface area contributed by atoms with Crippen LogP contribution >= 0.6 is 11.8 Å². The number of nitrogens with zero attached hydrogens (tertiary/aromatic N) is 1. The molecule has 7 heteroatoms. The lowest BCUT2D eigenvalue weighted by atomic mass is 9.70. The number of fused-ring (bicyclic) bond motifs is 2. The normalized spacial score (nSPS) is 31.7. The Morgan fingerprint density at radius 1 is 0.973 bits per heavy atom. The van der Waals surface area contributed by atoms with Crippen molar-refractivity contribution in [1.29, 1.82) is 0 Å².